The van der Waals surface area contributed by atoms with Gasteiger partial charge in [0.2, 0.25) is 0 Å². The molecule has 4 nitrogen and oxygen atoms in total. The Hall–Kier alpha value is -1.84. The molecule has 0 radical (unpaired) electrons. The minimum Gasteiger partial charge on any atom is -0.272 e. The zero-order valence-corrected chi connectivity index (χ0v) is 9.36. The Labute approximate surface area is 94.2 Å². The van der Waals surface area contributed by atoms with Gasteiger partial charge in [0.15, 0.2) is 0 Å². The average Bonchev–Trinajstić information content (AvgIpc) is 2.55. The van der Waals surface area contributed by atoms with Gasteiger partial charge < -0.3 is 0 Å². The molecule has 1 aliphatic rings. The van der Waals surface area contributed by atoms with Crippen LogP contribution in [0.3, 0.4) is 0 Å². The van der Waals surface area contributed by atoms with Crippen LogP contribution in [0.2, 0.25) is 0 Å². The summed E-state index contributed by atoms with van der Waals surface area (Å²) in [5.41, 5.74) is 2.36. The summed E-state index contributed by atoms with van der Waals surface area (Å²) in [5.74, 6) is -0.421. The van der Waals surface area contributed by atoms with Crippen molar-refractivity contribution in [3.63, 3.8) is 0 Å². The minimum atomic E-state index is -0.935. The van der Waals surface area contributed by atoms with Crippen molar-refractivity contribution in [3.8, 4) is 0 Å². The van der Waals surface area contributed by atoms with Crippen molar-refractivity contribution in [1.29, 1.82) is 0 Å². The number of para-hydroxylation sites is 1. The van der Waals surface area contributed by atoms with Crippen LogP contribution in [0.4, 0.5) is 5.69 Å². The normalized spacial score (nSPS) is 24.8. The van der Waals surface area contributed by atoms with E-state index in [0.717, 1.165) is 0 Å². The molecule has 1 fully saturated rings. The highest BCUT2D eigenvalue weighted by Crippen LogP contribution is 2.31. The molecule has 2 rings (SSSR count). The van der Waals surface area contributed by atoms with Gasteiger partial charge in [0.05, 0.1) is 5.69 Å². The highest BCUT2D eigenvalue weighted by molar-refractivity contribution is 6.17. The molecule has 16 heavy (non-hydrogen) atoms. The predicted molar refractivity (Wildman–Crippen MR) is 60.5 cm³/mol. The first-order valence-electron chi connectivity index (χ1n) is 5.30. The second-order valence-electron chi connectivity index (χ2n) is 4.10. The molecule has 1 N–H and O–H groups in total. The lowest BCUT2D eigenvalue weighted by atomic mass is 9.87. The summed E-state index contributed by atoms with van der Waals surface area (Å²) in [6, 6.07) is 9.11. The van der Waals surface area contributed by atoms with Crippen molar-refractivity contribution >= 4 is 17.5 Å². The molecule has 0 bridgehead atoms. The van der Waals surface area contributed by atoms with Crippen LogP contribution < -0.4 is 10.4 Å². The van der Waals surface area contributed by atoms with Gasteiger partial charge >= 0.3 is 0 Å². The number of benzene rings is 1. The zero-order chi connectivity index (χ0) is 11.8. The summed E-state index contributed by atoms with van der Waals surface area (Å²) in [6.07, 6.45) is 0.501. The lowest BCUT2D eigenvalue weighted by Crippen LogP contribution is -2.36. The second-order valence-corrected chi connectivity index (χ2v) is 4.10. The molecule has 0 aliphatic carbocycles. The standard InChI is InChI=1S/C12H14N2O2/c1-3-12(2)10(15)13-14(11(12)16)9-7-5-4-6-8-9/h4-8H,3H2,1-2H3,(H,13,15). The van der Waals surface area contributed by atoms with Gasteiger partial charge in [-0.3, -0.25) is 15.0 Å². The Kier molecular flexibility index (Phi) is 2.42. The van der Waals surface area contributed by atoms with Crippen LogP contribution in [0.15, 0.2) is 30.3 Å². The average molecular weight is 218 g/mol. The number of carbonyl (C=O) groups is 2. The molecule has 1 aliphatic heterocycles. The van der Waals surface area contributed by atoms with E-state index in [2.05, 4.69) is 5.43 Å². The van der Waals surface area contributed by atoms with E-state index in [1.807, 2.05) is 25.1 Å². The number of anilines is 1. The van der Waals surface area contributed by atoms with E-state index in [1.165, 1.54) is 5.01 Å². The number of amides is 2. The number of rotatable bonds is 2. The maximum Gasteiger partial charge on any atom is 0.261 e. The topological polar surface area (TPSA) is 49.4 Å². The van der Waals surface area contributed by atoms with Crippen molar-refractivity contribution in [2.24, 2.45) is 5.41 Å². The van der Waals surface area contributed by atoms with Crippen LogP contribution >= 0.6 is 0 Å². The van der Waals surface area contributed by atoms with E-state index in [4.69, 9.17) is 0 Å². The van der Waals surface area contributed by atoms with Gasteiger partial charge in [0, 0.05) is 0 Å². The molecular formula is C12H14N2O2. The zero-order valence-electron chi connectivity index (χ0n) is 9.36. The van der Waals surface area contributed by atoms with Crippen LogP contribution in [0.25, 0.3) is 0 Å². The summed E-state index contributed by atoms with van der Waals surface area (Å²) in [4.78, 5) is 23.9. The third-order valence-corrected chi connectivity index (χ3v) is 3.11. The van der Waals surface area contributed by atoms with Crippen LogP contribution in [0.1, 0.15) is 20.3 Å². The smallest absolute Gasteiger partial charge is 0.261 e. The summed E-state index contributed by atoms with van der Waals surface area (Å²) < 4.78 is 0. The van der Waals surface area contributed by atoms with E-state index >= 15 is 0 Å². The molecule has 1 atom stereocenters. The number of hydrazine groups is 1. The highest BCUT2D eigenvalue weighted by Gasteiger charge is 2.49. The Bertz CT molecular complexity index is 430. The molecular weight excluding hydrogens is 204 g/mol. The molecule has 1 aromatic carbocycles. The van der Waals surface area contributed by atoms with Crippen molar-refractivity contribution in [3.05, 3.63) is 30.3 Å². The van der Waals surface area contributed by atoms with E-state index in [1.54, 1.807) is 19.1 Å². The molecule has 1 heterocycles. The fourth-order valence-corrected chi connectivity index (χ4v) is 1.69. The molecule has 0 spiro atoms. The van der Waals surface area contributed by atoms with Crippen molar-refractivity contribution < 1.29 is 9.59 Å². The Balaban J connectivity index is 2.35. The lowest BCUT2D eigenvalue weighted by Gasteiger charge is -2.17. The van der Waals surface area contributed by atoms with E-state index in [9.17, 15) is 9.59 Å². The van der Waals surface area contributed by atoms with Gasteiger partial charge in [-0.05, 0) is 25.5 Å². The van der Waals surface area contributed by atoms with Gasteiger partial charge in [-0.15, -0.1) is 0 Å². The minimum absolute atomic E-state index is 0.189. The SMILES string of the molecule is CCC1(C)C(=O)NN(c2ccccc2)C1=O. The third kappa shape index (κ3) is 1.38. The summed E-state index contributed by atoms with van der Waals surface area (Å²) in [5, 5.41) is 1.33. The summed E-state index contributed by atoms with van der Waals surface area (Å²) in [6.45, 7) is 3.51. The number of hydrogen-bond acceptors (Lipinski definition) is 2. The molecule has 84 valence electrons. The molecule has 1 saturated heterocycles. The number of hydrogen-bond donors (Lipinski definition) is 1. The van der Waals surface area contributed by atoms with Crippen molar-refractivity contribution in [2.45, 2.75) is 20.3 Å². The number of nitrogens with one attached hydrogen (secondary N) is 1. The first kappa shape index (κ1) is 10.7. The summed E-state index contributed by atoms with van der Waals surface area (Å²) in [7, 11) is 0. The summed E-state index contributed by atoms with van der Waals surface area (Å²) >= 11 is 0. The van der Waals surface area contributed by atoms with Gasteiger partial charge in [0.1, 0.15) is 5.41 Å². The van der Waals surface area contributed by atoms with Crippen LogP contribution in [0, 0.1) is 5.41 Å². The second kappa shape index (κ2) is 3.63. The van der Waals surface area contributed by atoms with Crippen molar-refractivity contribution in [2.75, 3.05) is 5.01 Å². The maximum absolute atomic E-state index is 12.1. The van der Waals surface area contributed by atoms with Gasteiger partial charge in [-0.25, -0.2) is 5.01 Å². The number of carbonyl (C=O) groups excluding carboxylic acids is 2. The predicted octanol–water partition coefficient (Wildman–Crippen LogP) is 1.48. The first-order chi connectivity index (χ1) is 7.59. The maximum atomic E-state index is 12.1. The third-order valence-electron chi connectivity index (χ3n) is 3.11. The quantitative estimate of drug-likeness (QED) is 0.764. The highest BCUT2D eigenvalue weighted by atomic mass is 16.2. The van der Waals surface area contributed by atoms with E-state index in [0.29, 0.717) is 12.1 Å². The van der Waals surface area contributed by atoms with Gasteiger partial charge in [0.25, 0.3) is 11.8 Å². The monoisotopic (exact) mass is 218 g/mol. The van der Waals surface area contributed by atoms with Gasteiger partial charge in [-0.2, -0.15) is 0 Å². The van der Waals surface area contributed by atoms with Crippen LogP contribution in [0.5, 0.6) is 0 Å². The Morgan fingerprint density at radius 3 is 2.38 bits per heavy atom. The fraction of sp³-hybridized carbons (Fsp3) is 0.333. The Morgan fingerprint density at radius 2 is 1.88 bits per heavy atom. The largest absolute Gasteiger partial charge is 0.272 e. The Morgan fingerprint density at radius 1 is 1.25 bits per heavy atom. The molecule has 1 unspecified atom stereocenters. The molecule has 4 heteroatoms. The fourth-order valence-electron chi connectivity index (χ4n) is 1.69. The first-order valence-corrected chi connectivity index (χ1v) is 5.30. The van der Waals surface area contributed by atoms with Crippen LogP contribution in [-0.4, -0.2) is 11.8 Å². The number of nitrogens with zero attached hydrogens (tertiary/aromatic N) is 1. The van der Waals surface area contributed by atoms with E-state index < -0.39 is 5.41 Å². The lowest BCUT2D eigenvalue weighted by molar-refractivity contribution is -0.134. The molecule has 2 amide bonds. The van der Waals surface area contributed by atoms with Crippen LogP contribution in [-0.2, 0) is 9.59 Å². The van der Waals surface area contributed by atoms with Gasteiger partial charge in [-0.1, -0.05) is 25.1 Å². The molecule has 0 saturated carbocycles. The molecule has 0 aromatic heterocycles. The van der Waals surface area contributed by atoms with Crippen molar-refractivity contribution in [1.82, 2.24) is 5.43 Å². The molecule has 1 aromatic rings. The van der Waals surface area contributed by atoms with E-state index in [-0.39, 0.29) is 11.8 Å².